The highest BCUT2D eigenvalue weighted by molar-refractivity contribution is 5.92. The van der Waals surface area contributed by atoms with Crippen molar-refractivity contribution in [1.29, 1.82) is 0 Å². The summed E-state index contributed by atoms with van der Waals surface area (Å²) in [5.74, 6) is -0.394. The van der Waals surface area contributed by atoms with Crippen molar-refractivity contribution < 1.29 is 24.9 Å². The normalized spacial score (nSPS) is 41.3. The van der Waals surface area contributed by atoms with Crippen LogP contribution in [-0.4, -0.2) is 46.7 Å². The molecule has 0 spiro atoms. The Morgan fingerprint density at radius 2 is 2.16 bits per heavy atom. The smallest absolute Gasteiger partial charge is 0.337 e. The molecule has 1 unspecified atom stereocenters. The van der Waals surface area contributed by atoms with Crippen LogP contribution in [0, 0.1) is 16.7 Å². The minimum Gasteiger partial charge on any atom is -0.458 e. The van der Waals surface area contributed by atoms with Gasteiger partial charge < -0.3 is 20.1 Å². The fraction of sp³-hybridized carbons (Fsp3) is 0.650. The van der Waals surface area contributed by atoms with Gasteiger partial charge in [0.25, 0.3) is 0 Å². The molecule has 138 valence electrons. The predicted molar refractivity (Wildman–Crippen MR) is 93.5 cm³/mol. The number of aliphatic hydroxyl groups is 3. The van der Waals surface area contributed by atoms with Crippen molar-refractivity contribution in [3.05, 3.63) is 35.5 Å². The molecule has 5 atom stereocenters. The van der Waals surface area contributed by atoms with Gasteiger partial charge in [0, 0.05) is 5.41 Å². The second-order valence-electron chi connectivity index (χ2n) is 8.11. The highest BCUT2D eigenvalue weighted by Gasteiger charge is 2.56. The monoisotopic (exact) mass is 348 g/mol. The molecule has 3 aliphatic rings. The molecule has 2 saturated carbocycles. The number of rotatable bonds is 3. The van der Waals surface area contributed by atoms with Gasteiger partial charge in [-0.15, -0.1) is 0 Å². The molecule has 0 aromatic heterocycles. The van der Waals surface area contributed by atoms with Gasteiger partial charge in [-0.05, 0) is 54.7 Å². The van der Waals surface area contributed by atoms with Gasteiger partial charge in [0.15, 0.2) is 0 Å². The van der Waals surface area contributed by atoms with Gasteiger partial charge >= 0.3 is 5.97 Å². The minimum absolute atomic E-state index is 0.0752. The third kappa shape index (κ3) is 2.78. The molecule has 3 rings (SSSR count). The highest BCUT2D eigenvalue weighted by Crippen LogP contribution is 2.60. The number of cyclic esters (lactones) is 1. The lowest BCUT2D eigenvalue weighted by Crippen LogP contribution is -2.55. The van der Waals surface area contributed by atoms with E-state index in [9.17, 15) is 20.1 Å². The summed E-state index contributed by atoms with van der Waals surface area (Å²) in [6, 6.07) is 0. The second kappa shape index (κ2) is 6.38. The SMILES string of the molecule is C=C1CC[C@@H]2[C@](C)(CCC(O)[C@@]2(C)CO)/C1=C/[C@H](O)C1=CCOC1=O. The number of carbonyl (C=O) groups is 1. The van der Waals surface area contributed by atoms with E-state index in [-0.39, 0.29) is 30.1 Å². The van der Waals surface area contributed by atoms with Crippen molar-refractivity contribution in [2.45, 2.75) is 51.7 Å². The quantitative estimate of drug-likeness (QED) is 0.678. The molecular weight excluding hydrogens is 320 g/mol. The number of aliphatic hydroxyl groups excluding tert-OH is 3. The average molecular weight is 348 g/mol. The lowest BCUT2D eigenvalue weighted by atomic mass is 9.48. The summed E-state index contributed by atoms with van der Waals surface area (Å²) in [6.07, 6.45) is 4.72. The van der Waals surface area contributed by atoms with E-state index in [0.717, 1.165) is 30.4 Å². The van der Waals surface area contributed by atoms with Crippen molar-refractivity contribution in [1.82, 2.24) is 0 Å². The topological polar surface area (TPSA) is 87.0 Å². The Hall–Kier alpha value is -1.43. The Kier molecular flexibility index (Phi) is 4.69. The van der Waals surface area contributed by atoms with Crippen LogP contribution >= 0.6 is 0 Å². The molecule has 1 aliphatic heterocycles. The van der Waals surface area contributed by atoms with Gasteiger partial charge in [-0.25, -0.2) is 4.79 Å². The summed E-state index contributed by atoms with van der Waals surface area (Å²) in [7, 11) is 0. The zero-order valence-corrected chi connectivity index (χ0v) is 15.0. The summed E-state index contributed by atoms with van der Waals surface area (Å²) in [5, 5.41) is 31.0. The molecule has 2 fully saturated rings. The van der Waals surface area contributed by atoms with E-state index >= 15 is 0 Å². The van der Waals surface area contributed by atoms with Crippen molar-refractivity contribution in [2.75, 3.05) is 13.2 Å². The Morgan fingerprint density at radius 1 is 1.44 bits per heavy atom. The molecule has 2 aliphatic carbocycles. The number of hydrogen-bond acceptors (Lipinski definition) is 5. The number of ether oxygens (including phenoxy) is 1. The van der Waals surface area contributed by atoms with Gasteiger partial charge in [-0.2, -0.15) is 0 Å². The molecule has 3 N–H and O–H groups in total. The zero-order chi connectivity index (χ0) is 18.4. The average Bonchev–Trinajstić information content (AvgIpc) is 3.01. The minimum atomic E-state index is -1.02. The zero-order valence-electron chi connectivity index (χ0n) is 15.0. The molecule has 0 aromatic carbocycles. The highest BCUT2D eigenvalue weighted by atomic mass is 16.5. The van der Waals surface area contributed by atoms with Crippen LogP contribution in [0.1, 0.15) is 39.5 Å². The van der Waals surface area contributed by atoms with E-state index in [4.69, 9.17) is 4.74 Å². The number of carbonyl (C=O) groups excluding carboxylic acids is 1. The van der Waals surface area contributed by atoms with Crippen LogP contribution in [0.15, 0.2) is 35.5 Å². The predicted octanol–water partition coefficient (Wildman–Crippen LogP) is 1.88. The molecule has 0 amide bonds. The summed E-state index contributed by atoms with van der Waals surface area (Å²) in [5.41, 5.74) is 1.30. The van der Waals surface area contributed by atoms with Crippen LogP contribution in [0.4, 0.5) is 0 Å². The molecule has 0 saturated heterocycles. The van der Waals surface area contributed by atoms with Crippen molar-refractivity contribution in [3.8, 4) is 0 Å². The maximum Gasteiger partial charge on any atom is 0.337 e. The van der Waals surface area contributed by atoms with E-state index in [1.807, 2.05) is 6.92 Å². The number of fused-ring (bicyclic) bond motifs is 1. The Labute approximate surface area is 148 Å². The fourth-order valence-corrected chi connectivity index (χ4v) is 5.11. The first-order chi connectivity index (χ1) is 11.7. The molecule has 25 heavy (non-hydrogen) atoms. The van der Waals surface area contributed by atoms with Gasteiger partial charge in [0.1, 0.15) is 12.7 Å². The van der Waals surface area contributed by atoms with Crippen LogP contribution in [-0.2, 0) is 9.53 Å². The van der Waals surface area contributed by atoms with Gasteiger partial charge in [0.05, 0.1) is 18.3 Å². The van der Waals surface area contributed by atoms with Crippen LogP contribution in [0.3, 0.4) is 0 Å². The van der Waals surface area contributed by atoms with E-state index < -0.39 is 23.6 Å². The number of allylic oxidation sites excluding steroid dienone is 2. The number of hydrogen-bond donors (Lipinski definition) is 3. The lowest BCUT2D eigenvalue weighted by Gasteiger charge is -2.57. The molecule has 0 bridgehead atoms. The van der Waals surface area contributed by atoms with Crippen molar-refractivity contribution >= 4 is 5.97 Å². The summed E-state index contributed by atoms with van der Waals surface area (Å²) in [4.78, 5) is 11.7. The van der Waals surface area contributed by atoms with Crippen LogP contribution in [0.2, 0.25) is 0 Å². The van der Waals surface area contributed by atoms with E-state index in [0.29, 0.717) is 6.42 Å². The van der Waals surface area contributed by atoms with Gasteiger partial charge in [-0.1, -0.05) is 26.0 Å². The van der Waals surface area contributed by atoms with E-state index in [1.54, 1.807) is 12.2 Å². The Balaban J connectivity index is 1.99. The molecule has 1 heterocycles. The summed E-state index contributed by atoms with van der Waals surface area (Å²) in [6.45, 7) is 8.38. The lowest BCUT2D eigenvalue weighted by molar-refractivity contribution is -0.136. The molecule has 0 radical (unpaired) electrons. The number of esters is 1. The standard InChI is InChI=1S/C20H28O5/c1-12-4-5-16-19(2,8-6-17(23)20(16,3)11-21)14(12)10-15(22)13-7-9-25-18(13)24/h7,10,15-17,21-23H,1,4-6,8-9,11H2,2-3H3/b14-10+/t15-,16+,17?,19+,20-/m0/s1. The van der Waals surface area contributed by atoms with Crippen molar-refractivity contribution in [3.63, 3.8) is 0 Å². The van der Waals surface area contributed by atoms with Crippen LogP contribution < -0.4 is 0 Å². The largest absolute Gasteiger partial charge is 0.458 e. The third-order valence-corrected chi connectivity index (χ3v) is 6.73. The molecule has 5 nitrogen and oxygen atoms in total. The first kappa shape index (κ1) is 18.4. The first-order valence-corrected chi connectivity index (χ1v) is 8.98. The summed E-state index contributed by atoms with van der Waals surface area (Å²) >= 11 is 0. The van der Waals surface area contributed by atoms with E-state index in [1.165, 1.54) is 0 Å². The second-order valence-corrected chi connectivity index (χ2v) is 8.11. The van der Waals surface area contributed by atoms with Gasteiger partial charge in [-0.3, -0.25) is 0 Å². The van der Waals surface area contributed by atoms with Gasteiger partial charge in [0.2, 0.25) is 0 Å². The van der Waals surface area contributed by atoms with Crippen LogP contribution in [0.25, 0.3) is 0 Å². The third-order valence-electron chi connectivity index (χ3n) is 6.73. The summed E-state index contributed by atoms with van der Waals surface area (Å²) < 4.78 is 4.89. The Bertz CT molecular complexity index is 648. The van der Waals surface area contributed by atoms with E-state index in [2.05, 4.69) is 13.5 Å². The molecule has 5 heteroatoms. The van der Waals surface area contributed by atoms with Crippen molar-refractivity contribution in [2.24, 2.45) is 16.7 Å². The maximum atomic E-state index is 11.7. The van der Waals surface area contributed by atoms with Crippen LogP contribution in [0.5, 0.6) is 0 Å². The molecular formula is C20H28O5. The Morgan fingerprint density at radius 3 is 2.76 bits per heavy atom. The molecule has 0 aromatic rings. The first-order valence-electron chi connectivity index (χ1n) is 8.98. The maximum absolute atomic E-state index is 11.7. The fourth-order valence-electron chi connectivity index (χ4n) is 5.11.